The summed E-state index contributed by atoms with van der Waals surface area (Å²) >= 11 is 0. The number of aryl methyl sites for hydroxylation is 3. The summed E-state index contributed by atoms with van der Waals surface area (Å²) in [5.41, 5.74) is 5.64. The number of carbonyl (C=O) groups is 1. The number of benzene rings is 2. The first kappa shape index (κ1) is 12.4. The molecule has 2 rings (SSSR count). The van der Waals surface area contributed by atoms with Crippen molar-refractivity contribution in [1.29, 1.82) is 0 Å². The van der Waals surface area contributed by atoms with E-state index < -0.39 is 5.97 Å². The molecule has 0 aliphatic rings. The molecule has 0 amide bonds. The quantitative estimate of drug-likeness (QED) is 0.862. The predicted octanol–water partition coefficient (Wildman–Crippen LogP) is 3.98. The van der Waals surface area contributed by atoms with Gasteiger partial charge in [-0.05, 0) is 54.7 Å². The Balaban J connectivity index is 2.69. The van der Waals surface area contributed by atoms with Gasteiger partial charge in [0, 0.05) is 0 Å². The van der Waals surface area contributed by atoms with Crippen LogP contribution in [0.5, 0.6) is 0 Å². The molecule has 0 fully saturated rings. The highest BCUT2D eigenvalue weighted by molar-refractivity contribution is 5.96. The molecular formula is C16H16O2. The van der Waals surface area contributed by atoms with Crippen molar-refractivity contribution >= 4 is 5.97 Å². The van der Waals surface area contributed by atoms with Crippen molar-refractivity contribution < 1.29 is 9.90 Å². The summed E-state index contributed by atoms with van der Waals surface area (Å²) in [6.45, 7) is 6.12. The molecular weight excluding hydrogens is 224 g/mol. The molecule has 0 saturated heterocycles. The molecule has 92 valence electrons. The van der Waals surface area contributed by atoms with E-state index in [1.54, 1.807) is 12.1 Å². The first-order valence-electron chi connectivity index (χ1n) is 5.91. The highest BCUT2D eigenvalue weighted by atomic mass is 16.4. The number of carboxylic acids is 1. The molecule has 0 bridgehead atoms. The summed E-state index contributed by atoms with van der Waals surface area (Å²) in [6.07, 6.45) is 0. The van der Waals surface area contributed by atoms with Crippen LogP contribution in [0.2, 0.25) is 0 Å². The van der Waals surface area contributed by atoms with Crippen molar-refractivity contribution in [2.45, 2.75) is 20.8 Å². The van der Waals surface area contributed by atoms with Crippen LogP contribution in [0.3, 0.4) is 0 Å². The lowest BCUT2D eigenvalue weighted by Gasteiger charge is -2.12. The zero-order valence-electron chi connectivity index (χ0n) is 10.8. The van der Waals surface area contributed by atoms with Gasteiger partial charge in [0.15, 0.2) is 0 Å². The van der Waals surface area contributed by atoms with Gasteiger partial charge < -0.3 is 5.11 Å². The molecule has 18 heavy (non-hydrogen) atoms. The van der Waals surface area contributed by atoms with Gasteiger partial charge in [-0.2, -0.15) is 0 Å². The van der Waals surface area contributed by atoms with Crippen LogP contribution in [0, 0.1) is 20.8 Å². The Morgan fingerprint density at radius 2 is 1.50 bits per heavy atom. The second-order valence-corrected chi connectivity index (χ2v) is 4.60. The molecule has 2 aromatic carbocycles. The van der Waals surface area contributed by atoms with Crippen LogP contribution in [-0.2, 0) is 0 Å². The van der Waals surface area contributed by atoms with E-state index in [9.17, 15) is 9.90 Å². The smallest absolute Gasteiger partial charge is 0.336 e. The Hall–Kier alpha value is -2.09. The van der Waals surface area contributed by atoms with Crippen molar-refractivity contribution in [3.63, 3.8) is 0 Å². The van der Waals surface area contributed by atoms with Crippen LogP contribution in [-0.4, -0.2) is 11.1 Å². The van der Waals surface area contributed by atoms with E-state index in [-0.39, 0.29) is 0 Å². The zero-order chi connectivity index (χ0) is 13.3. The number of aromatic carboxylic acids is 1. The molecule has 0 unspecified atom stereocenters. The Morgan fingerprint density at radius 3 is 2.17 bits per heavy atom. The second kappa shape index (κ2) is 4.65. The SMILES string of the molecule is Cc1cc(C)c(-c2ccccc2C(=O)O)cc1C. The fraction of sp³-hybridized carbons (Fsp3) is 0.188. The number of hydrogen-bond donors (Lipinski definition) is 1. The molecule has 0 atom stereocenters. The predicted molar refractivity (Wildman–Crippen MR) is 73.0 cm³/mol. The van der Waals surface area contributed by atoms with Gasteiger partial charge in [-0.1, -0.05) is 30.3 Å². The third-order valence-electron chi connectivity index (χ3n) is 3.29. The standard InChI is InChI=1S/C16H16O2/c1-10-8-12(3)15(9-11(10)2)13-6-4-5-7-14(13)16(17)18/h4-9H,1-3H3,(H,17,18). The van der Waals surface area contributed by atoms with E-state index in [2.05, 4.69) is 19.1 Å². The summed E-state index contributed by atoms with van der Waals surface area (Å²) in [5.74, 6) is -0.886. The van der Waals surface area contributed by atoms with Crippen molar-refractivity contribution in [1.82, 2.24) is 0 Å². The molecule has 2 heteroatoms. The number of carboxylic acid groups (broad SMARTS) is 1. The summed E-state index contributed by atoms with van der Waals surface area (Å²) in [7, 11) is 0. The fourth-order valence-corrected chi connectivity index (χ4v) is 2.16. The Kier molecular flexibility index (Phi) is 3.19. The fourth-order valence-electron chi connectivity index (χ4n) is 2.16. The third-order valence-corrected chi connectivity index (χ3v) is 3.29. The van der Waals surface area contributed by atoms with Crippen molar-refractivity contribution in [3.05, 3.63) is 58.7 Å². The van der Waals surface area contributed by atoms with Crippen LogP contribution in [0.4, 0.5) is 0 Å². The van der Waals surface area contributed by atoms with Gasteiger partial charge in [-0.3, -0.25) is 0 Å². The van der Waals surface area contributed by atoms with E-state index >= 15 is 0 Å². The van der Waals surface area contributed by atoms with Gasteiger partial charge in [0.2, 0.25) is 0 Å². The largest absolute Gasteiger partial charge is 0.478 e. The van der Waals surface area contributed by atoms with Crippen LogP contribution in [0.25, 0.3) is 11.1 Å². The maximum Gasteiger partial charge on any atom is 0.336 e. The maximum atomic E-state index is 11.3. The molecule has 2 nitrogen and oxygen atoms in total. The molecule has 0 heterocycles. The lowest BCUT2D eigenvalue weighted by atomic mass is 9.92. The second-order valence-electron chi connectivity index (χ2n) is 4.60. The van der Waals surface area contributed by atoms with Crippen molar-refractivity contribution in [2.75, 3.05) is 0 Å². The van der Waals surface area contributed by atoms with Gasteiger partial charge in [0.05, 0.1) is 5.56 Å². The minimum Gasteiger partial charge on any atom is -0.478 e. The molecule has 0 aromatic heterocycles. The van der Waals surface area contributed by atoms with E-state index in [0.717, 1.165) is 16.7 Å². The van der Waals surface area contributed by atoms with Gasteiger partial charge in [0.1, 0.15) is 0 Å². The van der Waals surface area contributed by atoms with Gasteiger partial charge in [-0.15, -0.1) is 0 Å². The van der Waals surface area contributed by atoms with Crippen LogP contribution in [0.15, 0.2) is 36.4 Å². The summed E-state index contributed by atoms with van der Waals surface area (Å²) in [4.78, 5) is 11.3. The first-order valence-corrected chi connectivity index (χ1v) is 5.91. The molecule has 0 spiro atoms. The average Bonchev–Trinajstić information content (AvgIpc) is 2.34. The Morgan fingerprint density at radius 1 is 0.889 bits per heavy atom. The minimum atomic E-state index is -0.886. The van der Waals surface area contributed by atoms with E-state index in [1.807, 2.05) is 26.0 Å². The molecule has 0 saturated carbocycles. The molecule has 0 radical (unpaired) electrons. The Bertz CT molecular complexity index is 612. The van der Waals surface area contributed by atoms with Crippen LogP contribution < -0.4 is 0 Å². The van der Waals surface area contributed by atoms with E-state index in [0.29, 0.717) is 5.56 Å². The monoisotopic (exact) mass is 240 g/mol. The van der Waals surface area contributed by atoms with E-state index in [4.69, 9.17) is 0 Å². The van der Waals surface area contributed by atoms with Crippen LogP contribution in [0.1, 0.15) is 27.0 Å². The number of rotatable bonds is 2. The summed E-state index contributed by atoms with van der Waals surface area (Å²) < 4.78 is 0. The lowest BCUT2D eigenvalue weighted by molar-refractivity contribution is 0.0697. The Labute approximate surface area is 107 Å². The lowest BCUT2D eigenvalue weighted by Crippen LogP contribution is -2.00. The highest BCUT2D eigenvalue weighted by Crippen LogP contribution is 2.29. The van der Waals surface area contributed by atoms with Crippen LogP contribution >= 0.6 is 0 Å². The highest BCUT2D eigenvalue weighted by Gasteiger charge is 2.13. The zero-order valence-corrected chi connectivity index (χ0v) is 10.8. The van der Waals surface area contributed by atoms with Crippen molar-refractivity contribution in [3.8, 4) is 11.1 Å². The van der Waals surface area contributed by atoms with Gasteiger partial charge in [0.25, 0.3) is 0 Å². The van der Waals surface area contributed by atoms with Gasteiger partial charge in [-0.25, -0.2) is 4.79 Å². The average molecular weight is 240 g/mol. The minimum absolute atomic E-state index is 0.351. The molecule has 0 aliphatic carbocycles. The topological polar surface area (TPSA) is 37.3 Å². The number of hydrogen-bond acceptors (Lipinski definition) is 1. The molecule has 1 N–H and O–H groups in total. The van der Waals surface area contributed by atoms with Gasteiger partial charge >= 0.3 is 5.97 Å². The van der Waals surface area contributed by atoms with Crippen molar-refractivity contribution in [2.24, 2.45) is 0 Å². The first-order chi connectivity index (χ1) is 8.50. The summed E-state index contributed by atoms with van der Waals surface area (Å²) in [5, 5.41) is 9.24. The summed E-state index contributed by atoms with van der Waals surface area (Å²) in [6, 6.07) is 11.3. The molecule has 0 aliphatic heterocycles. The maximum absolute atomic E-state index is 11.3. The van der Waals surface area contributed by atoms with E-state index in [1.165, 1.54) is 11.1 Å². The normalized spacial score (nSPS) is 10.4. The third kappa shape index (κ3) is 2.14. The molecule has 2 aromatic rings.